The van der Waals surface area contributed by atoms with Crippen LogP contribution in [0.1, 0.15) is 58.4 Å². The van der Waals surface area contributed by atoms with Crippen LogP contribution in [0.3, 0.4) is 0 Å². The number of benzene rings is 1. The molecule has 1 N–H and O–H groups in total. The number of rotatable bonds is 6. The zero-order valence-corrected chi connectivity index (χ0v) is 13.8. The zero-order valence-electron chi connectivity index (χ0n) is 13.8. The fourth-order valence-electron chi connectivity index (χ4n) is 3.81. The third-order valence-electron chi connectivity index (χ3n) is 4.57. The predicted molar refractivity (Wildman–Crippen MR) is 88.0 cm³/mol. The molecule has 1 aliphatic carbocycles. The summed E-state index contributed by atoms with van der Waals surface area (Å²) in [6, 6.07) is 11.7. The highest BCUT2D eigenvalue weighted by Crippen LogP contribution is 2.50. The first-order valence-corrected chi connectivity index (χ1v) is 8.13. The van der Waals surface area contributed by atoms with Crippen LogP contribution in [0, 0.1) is 17.3 Å². The van der Waals surface area contributed by atoms with Gasteiger partial charge in [-0.2, -0.15) is 0 Å². The molecule has 20 heavy (non-hydrogen) atoms. The molecule has 4 atom stereocenters. The first-order valence-electron chi connectivity index (χ1n) is 8.13. The van der Waals surface area contributed by atoms with Gasteiger partial charge in [0.2, 0.25) is 0 Å². The van der Waals surface area contributed by atoms with Crippen LogP contribution in [0.2, 0.25) is 0 Å². The minimum absolute atomic E-state index is 0.445. The van der Waals surface area contributed by atoms with E-state index < -0.39 is 0 Å². The summed E-state index contributed by atoms with van der Waals surface area (Å²) < 4.78 is 0. The molecule has 0 aliphatic heterocycles. The maximum absolute atomic E-state index is 3.58. The van der Waals surface area contributed by atoms with Gasteiger partial charge in [-0.05, 0) is 55.0 Å². The minimum atomic E-state index is 0.445. The van der Waals surface area contributed by atoms with Crippen molar-refractivity contribution in [1.82, 2.24) is 5.32 Å². The molecule has 0 saturated heterocycles. The normalized spacial score (nSPS) is 25.2. The molecule has 0 radical (unpaired) electrons. The first kappa shape index (κ1) is 15.6. The van der Waals surface area contributed by atoms with Gasteiger partial charge in [0.05, 0.1) is 0 Å². The smallest absolute Gasteiger partial charge is 0.0101 e. The third-order valence-corrected chi connectivity index (χ3v) is 4.57. The summed E-state index contributed by atoms with van der Waals surface area (Å²) in [5.41, 5.74) is 1.97. The highest BCUT2D eigenvalue weighted by atomic mass is 14.9. The SMILES string of the molecule is CNC(CC(C)CC(C)(C)C)C1CC1c1ccccc1. The third kappa shape index (κ3) is 4.34. The summed E-state index contributed by atoms with van der Waals surface area (Å²) in [5.74, 6) is 2.42. The van der Waals surface area contributed by atoms with E-state index in [-0.39, 0.29) is 0 Å². The molecule has 1 heteroatoms. The summed E-state index contributed by atoms with van der Waals surface area (Å²) in [7, 11) is 2.13. The van der Waals surface area contributed by atoms with Crippen molar-refractivity contribution in [1.29, 1.82) is 0 Å². The lowest BCUT2D eigenvalue weighted by Crippen LogP contribution is -2.31. The predicted octanol–water partition coefficient (Wildman–Crippen LogP) is 4.84. The summed E-state index contributed by atoms with van der Waals surface area (Å²) in [5, 5.41) is 3.58. The van der Waals surface area contributed by atoms with Gasteiger partial charge in [0.1, 0.15) is 0 Å². The standard InChI is InChI=1S/C19H31N/c1-14(13-19(2,3)4)11-18(20-5)17-12-16(17)15-9-7-6-8-10-15/h6-10,14,16-18,20H,11-13H2,1-5H3. The Hall–Kier alpha value is -0.820. The fourth-order valence-corrected chi connectivity index (χ4v) is 3.81. The zero-order chi connectivity index (χ0) is 14.8. The van der Waals surface area contributed by atoms with Gasteiger partial charge in [-0.1, -0.05) is 58.0 Å². The molecule has 1 aliphatic rings. The summed E-state index contributed by atoms with van der Waals surface area (Å²) in [4.78, 5) is 0. The molecule has 0 spiro atoms. The largest absolute Gasteiger partial charge is 0.317 e. The highest BCUT2D eigenvalue weighted by Gasteiger charge is 2.43. The van der Waals surface area contributed by atoms with Crippen molar-refractivity contribution in [3.8, 4) is 0 Å². The van der Waals surface area contributed by atoms with Crippen LogP contribution < -0.4 is 5.32 Å². The molecule has 4 unspecified atom stereocenters. The van der Waals surface area contributed by atoms with Gasteiger partial charge in [0.15, 0.2) is 0 Å². The molecular formula is C19H31N. The van der Waals surface area contributed by atoms with E-state index in [0.717, 1.165) is 17.8 Å². The molecule has 1 saturated carbocycles. The fraction of sp³-hybridized carbons (Fsp3) is 0.684. The van der Waals surface area contributed by atoms with Gasteiger partial charge in [-0.25, -0.2) is 0 Å². The van der Waals surface area contributed by atoms with E-state index >= 15 is 0 Å². The number of hydrogen-bond donors (Lipinski definition) is 1. The van der Waals surface area contributed by atoms with Gasteiger partial charge in [0, 0.05) is 6.04 Å². The van der Waals surface area contributed by atoms with Crippen LogP contribution in [0.15, 0.2) is 30.3 Å². The van der Waals surface area contributed by atoms with Crippen LogP contribution in [-0.4, -0.2) is 13.1 Å². The minimum Gasteiger partial charge on any atom is -0.317 e. The molecule has 2 rings (SSSR count). The van der Waals surface area contributed by atoms with Crippen LogP contribution in [-0.2, 0) is 0 Å². The molecule has 1 aromatic rings. The van der Waals surface area contributed by atoms with Gasteiger partial charge in [-0.3, -0.25) is 0 Å². The molecule has 1 aromatic carbocycles. The van der Waals surface area contributed by atoms with Crippen molar-refractivity contribution >= 4 is 0 Å². The second-order valence-corrected chi connectivity index (χ2v) is 7.92. The summed E-state index contributed by atoms with van der Waals surface area (Å²) in [6.07, 6.45) is 3.98. The average Bonchev–Trinajstić information content (AvgIpc) is 3.15. The number of hydrogen-bond acceptors (Lipinski definition) is 1. The van der Waals surface area contributed by atoms with Gasteiger partial charge in [0.25, 0.3) is 0 Å². The molecule has 0 amide bonds. The maximum atomic E-state index is 3.58. The lowest BCUT2D eigenvalue weighted by molar-refractivity contribution is 0.269. The Kier molecular flexibility index (Phi) is 4.90. The molecule has 0 heterocycles. The van der Waals surface area contributed by atoms with Crippen molar-refractivity contribution in [3.05, 3.63) is 35.9 Å². The topological polar surface area (TPSA) is 12.0 Å². The molecule has 0 bridgehead atoms. The Morgan fingerprint density at radius 3 is 2.40 bits per heavy atom. The molecule has 112 valence electrons. The van der Waals surface area contributed by atoms with E-state index in [4.69, 9.17) is 0 Å². The second-order valence-electron chi connectivity index (χ2n) is 7.92. The lowest BCUT2D eigenvalue weighted by Gasteiger charge is -2.27. The summed E-state index contributed by atoms with van der Waals surface area (Å²) >= 11 is 0. The second kappa shape index (κ2) is 6.30. The van der Waals surface area contributed by atoms with Gasteiger partial charge < -0.3 is 5.32 Å². The maximum Gasteiger partial charge on any atom is 0.0101 e. The average molecular weight is 273 g/mol. The Balaban J connectivity index is 1.88. The Labute approximate surface area is 125 Å². The van der Waals surface area contributed by atoms with Crippen molar-refractivity contribution in [2.24, 2.45) is 17.3 Å². The Bertz CT molecular complexity index is 404. The van der Waals surface area contributed by atoms with E-state index in [1.54, 1.807) is 0 Å². The Morgan fingerprint density at radius 2 is 1.85 bits per heavy atom. The van der Waals surface area contributed by atoms with E-state index in [9.17, 15) is 0 Å². The lowest BCUT2D eigenvalue weighted by atomic mass is 9.82. The highest BCUT2D eigenvalue weighted by molar-refractivity contribution is 5.26. The van der Waals surface area contributed by atoms with E-state index in [0.29, 0.717) is 11.5 Å². The first-order chi connectivity index (χ1) is 9.40. The van der Waals surface area contributed by atoms with Gasteiger partial charge in [-0.15, -0.1) is 0 Å². The van der Waals surface area contributed by atoms with Crippen LogP contribution in [0.5, 0.6) is 0 Å². The van der Waals surface area contributed by atoms with Crippen molar-refractivity contribution in [2.45, 2.75) is 58.9 Å². The van der Waals surface area contributed by atoms with Crippen LogP contribution >= 0.6 is 0 Å². The van der Waals surface area contributed by atoms with Crippen molar-refractivity contribution in [2.75, 3.05) is 7.05 Å². The van der Waals surface area contributed by atoms with E-state index in [2.05, 4.69) is 70.4 Å². The van der Waals surface area contributed by atoms with Gasteiger partial charge >= 0.3 is 0 Å². The molecule has 1 nitrogen and oxygen atoms in total. The van der Waals surface area contributed by atoms with Crippen molar-refractivity contribution < 1.29 is 0 Å². The Morgan fingerprint density at radius 1 is 1.20 bits per heavy atom. The monoisotopic (exact) mass is 273 g/mol. The van der Waals surface area contributed by atoms with E-state index in [1.165, 1.54) is 24.8 Å². The molecule has 0 aromatic heterocycles. The summed E-state index contributed by atoms with van der Waals surface area (Å²) in [6.45, 7) is 9.46. The van der Waals surface area contributed by atoms with E-state index in [1.807, 2.05) is 0 Å². The molecular weight excluding hydrogens is 242 g/mol. The van der Waals surface area contributed by atoms with Crippen LogP contribution in [0.25, 0.3) is 0 Å². The molecule has 1 fully saturated rings. The number of nitrogens with one attached hydrogen (secondary N) is 1. The van der Waals surface area contributed by atoms with Crippen LogP contribution in [0.4, 0.5) is 0 Å². The van der Waals surface area contributed by atoms with Crippen molar-refractivity contribution in [3.63, 3.8) is 0 Å². The quantitative estimate of drug-likeness (QED) is 0.782.